The maximum atomic E-state index is 12.2. The normalized spacial score (nSPS) is 17.3. The van der Waals surface area contributed by atoms with Crippen molar-refractivity contribution in [3.63, 3.8) is 0 Å². The summed E-state index contributed by atoms with van der Waals surface area (Å²) in [4.78, 5) is 19.6. The van der Waals surface area contributed by atoms with E-state index < -0.39 is 0 Å². The Kier molecular flexibility index (Phi) is 4.54. The van der Waals surface area contributed by atoms with Crippen LogP contribution in [0, 0.1) is 6.92 Å². The maximum absolute atomic E-state index is 12.2. The Hall–Kier alpha value is -1.73. The molecule has 2 aromatic heterocycles. The van der Waals surface area contributed by atoms with Crippen molar-refractivity contribution in [3.8, 4) is 0 Å². The van der Waals surface area contributed by atoms with Crippen molar-refractivity contribution in [2.24, 2.45) is 0 Å². The van der Waals surface area contributed by atoms with Crippen molar-refractivity contribution in [2.75, 3.05) is 13.6 Å². The van der Waals surface area contributed by atoms with E-state index in [-0.39, 0.29) is 11.9 Å². The Labute approximate surface area is 134 Å². The van der Waals surface area contributed by atoms with Crippen LogP contribution in [-0.4, -0.2) is 45.2 Å². The summed E-state index contributed by atoms with van der Waals surface area (Å²) >= 11 is 1.68. The Balaban J connectivity index is 1.47. The lowest BCUT2D eigenvalue weighted by Gasteiger charge is -2.24. The standard InChI is InChI=1S/C15H21N5OS/c1-11-17-14-6-5-12(9-20(14)18-11)16-8-15(21)19(2)10-13-4-3-7-22-13/h3-4,7,12,16H,5-6,8-10H2,1-2H3/t12-/m0/s1. The lowest BCUT2D eigenvalue weighted by atomic mass is 10.1. The molecular formula is C15H21N5OS. The molecule has 0 fully saturated rings. The quantitative estimate of drug-likeness (QED) is 0.900. The fourth-order valence-corrected chi connectivity index (χ4v) is 3.45. The fraction of sp³-hybridized carbons (Fsp3) is 0.533. The predicted molar refractivity (Wildman–Crippen MR) is 85.7 cm³/mol. The highest BCUT2D eigenvalue weighted by Crippen LogP contribution is 2.13. The van der Waals surface area contributed by atoms with Crippen LogP contribution in [0.15, 0.2) is 17.5 Å². The Bertz CT molecular complexity index is 636. The SMILES string of the molecule is Cc1nc2n(n1)C[C@@H](NCC(=O)N(C)Cc1cccs1)CC2. The second-order valence-electron chi connectivity index (χ2n) is 5.70. The molecule has 0 bridgehead atoms. The largest absolute Gasteiger partial charge is 0.340 e. The van der Waals surface area contributed by atoms with Gasteiger partial charge in [0.05, 0.1) is 19.6 Å². The molecule has 0 spiro atoms. The average Bonchev–Trinajstić information content (AvgIpc) is 3.12. The minimum atomic E-state index is 0.119. The molecule has 2 aromatic rings. The van der Waals surface area contributed by atoms with E-state index in [1.165, 1.54) is 4.88 Å². The third-order valence-electron chi connectivity index (χ3n) is 3.90. The number of thiophene rings is 1. The number of nitrogens with zero attached hydrogens (tertiary/aromatic N) is 4. The van der Waals surface area contributed by atoms with Gasteiger partial charge in [-0.2, -0.15) is 5.10 Å². The number of likely N-dealkylation sites (N-methyl/N-ethyl adjacent to an activating group) is 1. The summed E-state index contributed by atoms with van der Waals surface area (Å²) in [6, 6.07) is 4.35. The molecule has 1 atom stereocenters. The summed E-state index contributed by atoms with van der Waals surface area (Å²) in [7, 11) is 1.85. The van der Waals surface area contributed by atoms with Crippen molar-refractivity contribution in [3.05, 3.63) is 34.0 Å². The van der Waals surface area contributed by atoms with Crippen molar-refractivity contribution >= 4 is 17.2 Å². The zero-order valence-electron chi connectivity index (χ0n) is 13.0. The minimum Gasteiger partial charge on any atom is -0.340 e. The van der Waals surface area contributed by atoms with E-state index in [1.807, 2.05) is 30.1 Å². The molecule has 3 heterocycles. The van der Waals surface area contributed by atoms with Crippen LogP contribution >= 0.6 is 11.3 Å². The van der Waals surface area contributed by atoms with E-state index in [1.54, 1.807) is 16.2 Å². The van der Waals surface area contributed by atoms with Gasteiger partial charge in [-0.3, -0.25) is 4.79 Å². The molecule has 118 valence electrons. The molecule has 22 heavy (non-hydrogen) atoms. The van der Waals surface area contributed by atoms with Gasteiger partial charge in [0.2, 0.25) is 5.91 Å². The van der Waals surface area contributed by atoms with E-state index in [9.17, 15) is 4.79 Å². The highest BCUT2D eigenvalue weighted by Gasteiger charge is 2.21. The molecule has 1 aliphatic rings. The molecule has 0 unspecified atom stereocenters. The van der Waals surface area contributed by atoms with Gasteiger partial charge in [0, 0.05) is 24.4 Å². The number of aromatic nitrogens is 3. The summed E-state index contributed by atoms with van der Waals surface area (Å²) in [5.41, 5.74) is 0. The molecule has 1 N–H and O–H groups in total. The topological polar surface area (TPSA) is 63.1 Å². The van der Waals surface area contributed by atoms with Crippen molar-refractivity contribution < 1.29 is 4.79 Å². The van der Waals surface area contributed by atoms with Gasteiger partial charge in [-0.05, 0) is 24.8 Å². The van der Waals surface area contributed by atoms with Gasteiger partial charge in [-0.1, -0.05) is 6.07 Å². The molecule has 0 aliphatic carbocycles. The fourth-order valence-electron chi connectivity index (χ4n) is 2.69. The molecule has 3 rings (SSSR count). The van der Waals surface area contributed by atoms with Crippen LogP contribution in [0.25, 0.3) is 0 Å². The molecular weight excluding hydrogens is 298 g/mol. The lowest BCUT2D eigenvalue weighted by molar-refractivity contribution is -0.129. The third-order valence-corrected chi connectivity index (χ3v) is 4.77. The minimum absolute atomic E-state index is 0.119. The number of hydrogen-bond donors (Lipinski definition) is 1. The average molecular weight is 319 g/mol. The summed E-state index contributed by atoms with van der Waals surface area (Å²) < 4.78 is 1.95. The highest BCUT2D eigenvalue weighted by molar-refractivity contribution is 7.09. The number of nitrogens with one attached hydrogen (secondary N) is 1. The highest BCUT2D eigenvalue weighted by atomic mass is 32.1. The zero-order valence-corrected chi connectivity index (χ0v) is 13.8. The Morgan fingerprint density at radius 3 is 3.23 bits per heavy atom. The predicted octanol–water partition coefficient (Wildman–Crippen LogP) is 1.21. The molecule has 0 saturated heterocycles. The van der Waals surface area contributed by atoms with Gasteiger partial charge in [-0.25, -0.2) is 9.67 Å². The molecule has 1 aliphatic heterocycles. The summed E-state index contributed by atoms with van der Waals surface area (Å²) in [6.45, 7) is 3.75. The second kappa shape index (κ2) is 6.58. The molecule has 1 amide bonds. The van der Waals surface area contributed by atoms with Crippen LogP contribution in [0.4, 0.5) is 0 Å². The van der Waals surface area contributed by atoms with E-state index >= 15 is 0 Å². The number of aryl methyl sites for hydroxylation is 2. The van der Waals surface area contributed by atoms with Crippen LogP contribution < -0.4 is 5.32 Å². The summed E-state index contributed by atoms with van der Waals surface area (Å²) in [5.74, 6) is 1.99. The van der Waals surface area contributed by atoms with E-state index in [0.717, 1.165) is 31.0 Å². The van der Waals surface area contributed by atoms with Gasteiger partial charge in [0.15, 0.2) is 0 Å². The van der Waals surface area contributed by atoms with Crippen molar-refractivity contribution in [2.45, 2.75) is 38.9 Å². The Morgan fingerprint density at radius 1 is 1.59 bits per heavy atom. The van der Waals surface area contributed by atoms with E-state index in [2.05, 4.69) is 21.5 Å². The smallest absolute Gasteiger partial charge is 0.236 e. The van der Waals surface area contributed by atoms with Crippen LogP contribution in [-0.2, 0) is 24.3 Å². The number of amides is 1. The first-order chi connectivity index (χ1) is 10.6. The van der Waals surface area contributed by atoms with Crippen LogP contribution in [0.5, 0.6) is 0 Å². The second-order valence-corrected chi connectivity index (χ2v) is 6.74. The lowest BCUT2D eigenvalue weighted by Crippen LogP contribution is -2.43. The number of rotatable bonds is 5. The first-order valence-corrected chi connectivity index (χ1v) is 8.40. The van der Waals surface area contributed by atoms with Crippen molar-refractivity contribution in [1.82, 2.24) is 25.0 Å². The third kappa shape index (κ3) is 3.53. The monoisotopic (exact) mass is 319 g/mol. The van der Waals surface area contributed by atoms with Gasteiger partial charge >= 0.3 is 0 Å². The first-order valence-electron chi connectivity index (χ1n) is 7.52. The Morgan fingerprint density at radius 2 is 2.45 bits per heavy atom. The maximum Gasteiger partial charge on any atom is 0.236 e. The molecule has 0 aromatic carbocycles. The van der Waals surface area contributed by atoms with E-state index in [4.69, 9.17) is 0 Å². The number of hydrogen-bond acceptors (Lipinski definition) is 5. The number of fused-ring (bicyclic) bond motifs is 1. The first kappa shape index (κ1) is 15.2. The zero-order chi connectivity index (χ0) is 15.5. The molecule has 0 radical (unpaired) electrons. The van der Waals surface area contributed by atoms with Gasteiger partial charge in [0.25, 0.3) is 0 Å². The van der Waals surface area contributed by atoms with Crippen LogP contribution in [0.2, 0.25) is 0 Å². The van der Waals surface area contributed by atoms with Gasteiger partial charge < -0.3 is 10.2 Å². The van der Waals surface area contributed by atoms with Crippen LogP contribution in [0.3, 0.4) is 0 Å². The van der Waals surface area contributed by atoms with Crippen molar-refractivity contribution in [1.29, 1.82) is 0 Å². The summed E-state index contributed by atoms with van der Waals surface area (Å²) in [5, 5.41) is 9.77. The molecule has 6 nitrogen and oxygen atoms in total. The number of carbonyl (C=O) groups excluding carboxylic acids is 1. The molecule has 7 heteroatoms. The van der Waals surface area contributed by atoms with E-state index in [0.29, 0.717) is 13.1 Å². The van der Waals surface area contributed by atoms with Gasteiger partial charge in [0.1, 0.15) is 11.6 Å². The van der Waals surface area contributed by atoms with Crippen LogP contribution in [0.1, 0.15) is 22.9 Å². The molecule has 0 saturated carbocycles. The number of carbonyl (C=O) groups is 1. The summed E-state index contributed by atoms with van der Waals surface area (Å²) in [6.07, 6.45) is 1.91. The van der Waals surface area contributed by atoms with Gasteiger partial charge in [-0.15, -0.1) is 11.3 Å².